The number of benzene rings is 1. The number of nitrogens with zero attached hydrogens (tertiary/aromatic N) is 1. The molecule has 0 amide bonds. The first-order valence-electron chi connectivity index (χ1n) is 5.91. The van der Waals surface area contributed by atoms with Crippen LogP contribution in [0, 0.1) is 26.7 Å². The molecule has 1 heterocycles. The summed E-state index contributed by atoms with van der Waals surface area (Å²) in [6.45, 7) is 3.35. The Hall–Kier alpha value is -2.04. The van der Waals surface area contributed by atoms with Crippen molar-refractivity contribution in [1.82, 2.24) is 0 Å². The van der Waals surface area contributed by atoms with E-state index in [1.54, 1.807) is 32.2 Å². The molecule has 5 heteroatoms. The highest BCUT2D eigenvalue weighted by Crippen LogP contribution is 2.35. The van der Waals surface area contributed by atoms with E-state index in [0.717, 1.165) is 17.7 Å². The largest absolute Gasteiger partial charge is 0.419 e. The molecule has 0 spiro atoms. The van der Waals surface area contributed by atoms with Gasteiger partial charge in [0.1, 0.15) is 11.5 Å². The second-order valence-electron chi connectivity index (χ2n) is 4.65. The van der Waals surface area contributed by atoms with E-state index < -0.39 is 17.6 Å². The molecule has 0 aliphatic heterocycles. The van der Waals surface area contributed by atoms with Crippen LogP contribution in [-0.2, 0) is 6.18 Å². The summed E-state index contributed by atoms with van der Waals surface area (Å²) < 4.78 is 53.4. The van der Waals surface area contributed by atoms with Gasteiger partial charge in [-0.15, -0.1) is 0 Å². The molecule has 0 bridgehead atoms. The van der Waals surface area contributed by atoms with Crippen LogP contribution in [0.1, 0.15) is 16.7 Å². The van der Waals surface area contributed by atoms with Crippen LogP contribution in [0.15, 0.2) is 30.5 Å². The Morgan fingerprint density at radius 1 is 1.10 bits per heavy atom. The zero-order chi connectivity index (χ0) is 15.1. The standard InChI is InChI=1S/C15H13F4N/c1-9-5-4-6-20(3)14(9)11-8-12(15(17,18)19)13(16)7-10(11)2/h4-8H,3H2,1-2H3. The molecule has 1 aromatic carbocycles. The normalized spacial score (nSPS) is 11.7. The highest BCUT2D eigenvalue weighted by Gasteiger charge is 2.35. The predicted octanol–water partition coefficient (Wildman–Crippen LogP) is 4.06. The fourth-order valence-electron chi connectivity index (χ4n) is 2.18. The second-order valence-corrected chi connectivity index (χ2v) is 4.65. The van der Waals surface area contributed by atoms with Gasteiger partial charge in [-0.1, -0.05) is 12.1 Å². The summed E-state index contributed by atoms with van der Waals surface area (Å²) in [5.41, 5.74) is 0.802. The third kappa shape index (κ3) is 2.48. The lowest BCUT2D eigenvalue weighted by molar-refractivity contribution is -0.601. The molecule has 2 rings (SSSR count). The Kier molecular flexibility index (Phi) is 3.46. The van der Waals surface area contributed by atoms with Crippen LogP contribution in [0.2, 0.25) is 0 Å². The molecule has 1 nitrogen and oxygen atoms in total. The number of halogens is 4. The minimum atomic E-state index is -4.72. The van der Waals surface area contributed by atoms with Crippen LogP contribution in [-0.4, -0.2) is 0 Å². The summed E-state index contributed by atoms with van der Waals surface area (Å²) in [6, 6.07) is 5.27. The molecule has 0 fully saturated rings. The van der Waals surface area contributed by atoms with Crippen molar-refractivity contribution in [3.05, 3.63) is 60.0 Å². The predicted molar refractivity (Wildman–Crippen MR) is 67.3 cm³/mol. The second kappa shape index (κ2) is 4.81. The maximum atomic E-state index is 13.5. The van der Waals surface area contributed by atoms with Crippen molar-refractivity contribution >= 4 is 0 Å². The average Bonchev–Trinajstić information content (AvgIpc) is 2.29. The first-order chi connectivity index (χ1) is 9.21. The van der Waals surface area contributed by atoms with E-state index >= 15 is 0 Å². The molecule has 0 atom stereocenters. The molecule has 2 aromatic rings. The quantitative estimate of drug-likeness (QED) is 0.422. The van der Waals surface area contributed by atoms with E-state index in [1.165, 1.54) is 4.57 Å². The SMILES string of the molecule is [CH2-][n+]1cccc(C)c1-c1cc(C(F)(F)F)c(F)cc1C. The lowest BCUT2D eigenvalue weighted by Crippen LogP contribution is -2.29. The van der Waals surface area contributed by atoms with Gasteiger partial charge in [0.05, 0.1) is 11.8 Å². The molecule has 0 aliphatic carbocycles. The molecule has 0 saturated carbocycles. The van der Waals surface area contributed by atoms with Gasteiger partial charge in [-0.25, -0.2) is 4.39 Å². The lowest BCUT2D eigenvalue weighted by Gasteiger charge is -2.16. The van der Waals surface area contributed by atoms with E-state index in [2.05, 4.69) is 7.05 Å². The minimum Gasteiger partial charge on any atom is -0.333 e. The van der Waals surface area contributed by atoms with E-state index in [-0.39, 0.29) is 0 Å². The fourth-order valence-corrected chi connectivity index (χ4v) is 2.18. The Bertz CT molecular complexity index is 639. The van der Waals surface area contributed by atoms with Crippen molar-refractivity contribution in [3.63, 3.8) is 0 Å². The van der Waals surface area contributed by atoms with Gasteiger partial charge in [-0.2, -0.15) is 13.2 Å². The van der Waals surface area contributed by atoms with Gasteiger partial charge in [0, 0.05) is 7.05 Å². The summed E-state index contributed by atoms with van der Waals surface area (Å²) in [5, 5.41) is 0. The molecule has 0 N–H and O–H groups in total. The summed E-state index contributed by atoms with van der Waals surface area (Å²) in [4.78, 5) is 0. The Labute approximate surface area is 114 Å². The smallest absolute Gasteiger partial charge is 0.333 e. The third-order valence-corrected chi connectivity index (χ3v) is 3.15. The van der Waals surface area contributed by atoms with E-state index in [1.807, 2.05) is 0 Å². The van der Waals surface area contributed by atoms with Gasteiger partial charge in [-0.3, -0.25) is 0 Å². The topological polar surface area (TPSA) is 3.88 Å². The van der Waals surface area contributed by atoms with E-state index in [0.29, 0.717) is 16.8 Å². The van der Waals surface area contributed by atoms with E-state index in [9.17, 15) is 17.6 Å². The van der Waals surface area contributed by atoms with Gasteiger partial charge in [0.25, 0.3) is 0 Å². The maximum Gasteiger partial charge on any atom is 0.419 e. The van der Waals surface area contributed by atoms with Crippen molar-refractivity contribution in [2.45, 2.75) is 20.0 Å². The number of hydrogen-bond donors (Lipinski definition) is 0. The van der Waals surface area contributed by atoms with Crippen LogP contribution in [0.3, 0.4) is 0 Å². The summed E-state index contributed by atoms with van der Waals surface area (Å²) >= 11 is 0. The van der Waals surface area contributed by atoms with Crippen LogP contribution >= 0.6 is 0 Å². The average molecular weight is 283 g/mol. The van der Waals surface area contributed by atoms with Gasteiger partial charge >= 0.3 is 6.18 Å². The molecular weight excluding hydrogens is 270 g/mol. The van der Waals surface area contributed by atoms with Crippen LogP contribution < -0.4 is 4.57 Å². The number of aromatic nitrogens is 1. The lowest BCUT2D eigenvalue weighted by atomic mass is 9.98. The molecule has 106 valence electrons. The van der Waals surface area contributed by atoms with Crippen LogP contribution in [0.25, 0.3) is 11.3 Å². The third-order valence-electron chi connectivity index (χ3n) is 3.15. The zero-order valence-corrected chi connectivity index (χ0v) is 11.1. The molecule has 0 aliphatic rings. The molecule has 0 unspecified atom stereocenters. The molecule has 0 saturated heterocycles. The number of hydrogen-bond acceptors (Lipinski definition) is 0. The van der Waals surface area contributed by atoms with Gasteiger partial charge in [0.15, 0.2) is 0 Å². The first kappa shape index (κ1) is 14.4. The van der Waals surface area contributed by atoms with Gasteiger partial charge in [-0.05, 0) is 42.7 Å². The summed E-state index contributed by atoms with van der Waals surface area (Å²) in [5.74, 6) is -1.26. The molecule has 20 heavy (non-hydrogen) atoms. The zero-order valence-electron chi connectivity index (χ0n) is 11.1. The highest BCUT2D eigenvalue weighted by atomic mass is 19.4. The first-order valence-corrected chi connectivity index (χ1v) is 5.91. The van der Waals surface area contributed by atoms with Crippen molar-refractivity contribution in [2.24, 2.45) is 0 Å². The summed E-state index contributed by atoms with van der Waals surface area (Å²) in [7, 11) is 3.75. The Morgan fingerprint density at radius 3 is 2.30 bits per heavy atom. The van der Waals surface area contributed by atoms with Gasteiger partial charge < -0.3 is 4.57 Å². The number of aryl methyl sites for hydroxylation is 2. The Morgan fingerprint density at radius 2 is 1.75 bits per heavy atom. The van der Waals surface area contributed by atoms with Crippen LogP contribution in [0.5, 0.6) is 0 Å². The van der Waals surface area contributed by atoms with Crippen molar-refractivity contribution in [3.8, 4) is 11.3 Å². The number of alkyl halides is 3. The minimum absolute atomic E-state index is 0.326. The highest BCUT2D eigenvalue weighted by molar-refractivity contribution is 5.65. The van der Waals surface area contributed by atoms with Crippen molar-refractivity contribution < 1.29 is 22.1 Å². The fraction of sp³-hybridized carbons (Fsp3) is 0.200. The summed E-state index contributed by atoms with van der Waals surface area (Å²) in [6.07, 6.45) is -3.08. The molecule has 1 aromatic heterocycles. The molecular formula is C15H13F4N. The van der Waals surface area contributed by atoms with Crippen molar-refractivity contribution in [2.75, 3.05) is 0 Å². The number of rotatable bonds is 1. The van der Waals surface area contributed by atoms with E-state index in [4.69, 9.17) is 0 Å². The maximum absolute atomic E-state index is 13.5. The van der Waals surface area contributed by atoms with Gasteiger partial charge in [0.2, 0.25) is 0 Å². The van der Waals surface area contributed by atoms with Crippen LogP contribution in [0.4, 0.5) is 17.6 Å². The van der Waals surface area contributed by atoms with Crippen molar-refractivity contribution in [1.29, 1.82) is 0 Å². The monoisotopic (exact) mass is 283 g/mol. The number of pyridine rings is 1. The Balaban J connectivity index is 2.76. The molecule has 0 radical (unpaired) electrons.